The number of carbonyl (C=O) groups is 3. The van der Waals surface area contributed by atoms with Crippen molar-refractivity contribution in [2.75, 3.05) is 10.2 Å². The lowest BCUT2D eigenvalue weighted by molar-refractivity contribution is -0.121. The molecule has 0 bridgehead atoms. The van der Waals surface area contributed by atoms with E-state index in [-0.39, 0.29) is 23.2 Å². The Morgan fingerprint density at radius 2 is 1.67 bits per heavy atom. The number of aryl methyl sites for hydroxylation is 1. The number of hydrogen-bond donors (Lipinski definition) is 1. The van der Waals surface area contributed by atoms with E-state index in [4.69, 9.17) is 0 Å². The number of Topliss-reactive ketones (excluding diaryl/α,β-unsaturated/α-hetero) is 2. The third kappa shape index (κ3) is 3.21. The van der Waals surface area contributed by atoms with Crippen molar-refractivity contribution in [2.45, 2.75) is 24.4 Å². The zero-order valence-electron chi connectivity index (χ0n) is 21.2. The number of amides is 1. The molecular formula is C33H25N3O3. The summed E-state index contributed by atoms with van der Waals surface area (Å²) in [6.07, 6.45) is 5.56. The van der Waals surface area contributed by atoms with Crippen molar-refractivity contribution in [3.8, 4) is 0 Å². The number of nitrogens with zero attached hydrogens (tertiary/aromatic N) is 2. The zero-order valence-corrected chi connectivity index (χ0v) is 21.2. The van der Waals surface area contributed by atoms with Gasteiger partial charge in [-0.15, -0.1) is 0 Å². The van der Waals surface area contributed by atoms with E-state index < -0.39 is 23.4 Å². The molecule has 0 aliphatic carbocycles. The van der Waals surface area contributed by atoms with Gasteiger partial charge < -0.3 is 10.2 Å². The van der Waals surface area contributed by atoms with Crippen LogP contribution in [-0.4, -0.2) is 34.5 Å². The van der Waals surface area contributed by atoms with Gasteiger partial charge in [0.25, 0.3) is 0 Å². The maximum Gasteiger partial charge on any atom is 0.238 e. The second-order valence-corrected chi connectivity index (χ2v) is 10.4. The average molecular weight is 512 g/mol. The number of nitrogens with one attached hydrogen (secondary N) is 1. The first-order chi connectivity index (χ1) is 19.0. The summed E-state index contributed by atoms with van der Waals surface area (Å²) in [5, 5.41) is 3.05. The van der Waals surface area contributed by atoms with Gasteiger partial charge in [0.1, 0.15) is 17.2 Å². The number of pyridine rings is 1. The molecule has 1 fully saturated rings. The summed E-state index contributed by atoms with van der Waals surface area (Å²) in [6, 6.07) is 26.2. The predicted octanol–water partition coefficient (Wildman–Crippen LogP) is 5.25. The highest BCUT2D eigenvalue weighted by molar-refractivity contribution is 6.18. The lowest BCUT2D eigenvalue weighted by Gasteiger charge is -2.37. The molecule has 7 rings (SSSR count). The highest BCUT2D eigenvalue weighted by Gasteiger charge is 2.70. The minimum atomic E-state index is -1.33. The molecule has 0 radical (unpaired) electrons. The summed E-state index contributed by atoms with van der Waals surface area (Å²) in [5.74, 6) is -1.83. The maximum atomic E-state index is 14.6. The van der Waals surface area contributed by atoms with Gasteiger partial charge in [-0.25, -0.2) is 0 Å². The fraction of sp³-hybridized carbons (Fsp3) is 0.152. The van der Waals surface area contributed by atoms with Crippen LogP contribution in [0.1, 0.15) is 37.5 Å². The first-order valence-corrected chi connectivity index (χ1v) is 13.0. The number of fused-ring (bicyclic) bond motifs is 6. The van der Waals surface area contributed by atoms with E-state index in [1.807, 2.05) is 78.6 Å². The lowest BCUT2D eigenvalue weighted by Crippen LogP contribution is -2.51. The van der Waals surface area contributed by atoms with Gasteiger partial charge >= 0.3 is 0 Å². The number of aromatic nitrogens is 1. The van der Waals surface area contributed by atoms with Gasteiger partial charge in [-0.05, 0) is 48.4 Å². The predicted molar refractivity (Wildman–Crippen MR) is 150 cm³/mol. The summed E-state index contributed by atoms with van der Waals surface area (Å²) in [4.78, 5) is 49.7. The largest absolute Gasteiger partial charge is 0.352 e. The molecule has 0 saturated carbocycles. The molecule has 4 atom stereocenters. The molecule has 6 nitrogen and oxygen atoms in total. The smallest absolute Gasteiger partial charge is 0.238 e. The Morgan fingerprint density at radius 1 is 0.897 bits per heavy atom. The third-order valence-corrected chi connectivity index (χ3v) is 8.31. The van der Waals surface area contributed by atoms with Gasteiger partial charge in [0.2, 0.25) is 5.91 Å². The summed E-state index contributed by atoms with van der Waals surface area (Å²) in [7, 11) is 0. The quantitative estimate of drug-likeness (QED) is 0.379. The number of hydrogen-bond acceptors (Lipinski definition) is 5. The van der Waals surface area contributed by atoms with E-state index in [1.165, 1.54) is 0 Å². The molecule has 39 heavy (non-hydrogen) atoms. The van der Waals surface area contributed by atoms with Crippen molar-refractivity contribution < 1.29 is 14.4 Å². The van der Waals surface area contributed by atoms with E-state index in [1.54, 1.807) is 36.5 Å². The fourth-order valence-corrected chi connectivity index (χ4v) is 6.74. The van der Waals surface area contributed by atoms with E-state index in [2.05, 4.69) is 16.4 Å². The molecule has 190 valence electrons. The molecule has 1 N–H and O–H groups in total. The van der Waals surface area contributed by atoms with Crippen molar-refractivity contribution in [1.29, 1.82) is 0 Å². The first-order valence-electron chi connectivity index (χ1n) is 13.0. The van der Waals surface area contributed by atoms with Crippen molar-refractivity contribution in [1.82, 2.24) is 4.98 Å². The minimum Gasteiger partial charge on any atom is -0.352 e. The van der Waals surface area contributed by atoms with E-state index >= 15 is 0 Å². The second-order valence-electron chi connectivity index (χ2n) is 10.4. The molecule has 1 saturated heterocycles. The molecule has 1 spiro atoms. The molecule has 4 aromatic rings. The first kappa shape index (κ1) is 23.3. The van der Waals surface area contributed by atoms with Crippen LogP contribution in [0.2, 0.25) is 0 Å². The van der Waals surface area contributed by atoms with Crippen LogP contribution in [0.15, 0.2) is 103 Å². The Bertz CT molecular complexity index is 1680. The average Bonchev–Trinajstić information content (AvgIpc) is 3.45. The second kappa shape index (κ2) is 8.60. The van der Waals surface area contributed by atoms with Crippen LogP contribution < -0.4 is 10.2 Å². The van der Waals surface area contributed by atoms with Crippen LogP contribution in [-0.2, 0) is 10.2 Å². The maximum absolute atomic E-state index is 14.6. The number of benzene rings is 3. The summed E-state index contributed by atoms with van der Waals surface area (Å²) in [6.45, 7) is 2.02. The van der Waals surface area contributed by atoms with Crippen molar-refractivity contribution in [3.05, 3.63) is 131 Å². The number of anilines is 2. The summed E-state index contributed by atoms with van der Waals surface area (Å²) in [5.41, 5.74) is 3.64. The molecule has 3 aliphatic rings. The van der Waals surface area contributed by atoms with Crippen molar-refractivity contribution >= 4 is 34.9 Å². The van der Waals surface area contributed by atoms with Gasteiger partial charge in [-0.3, -0.25) is 19.4 Å². The molecule has 6 heteroatoms. The zero-order chi connectivity index (χ0) is 26.7. The van der Waals surface area contributed by atoms with Crippen molar-refractivity contribution in [3.63, 3.8) is 0 Å². The van der Waals surface area contributed by atoms with Crippen LogP contribution in [0.5, 0.6) is 0 Å². The fourth-order valence-electron chi connectivity index (χ4n) is 6.74. The molecule has 3 aliphatic heterocycles. The van der Waals surface area contributed by atoms with Crippen LogP contribution in [0, 0.1) is 12.8 Å². The number of para-hydroxylation sites is 1. The van der Waals surface area contributed by atoms with Gasteiger partial charge in [0.05, 0.1) is 12.0 Å². The monoisotopic (exact) mass is 511 g/mol. The standard InChI is InChI=1S/C33H25N3O3/c1-20-14-16-26-22(19-20)15-17-27-33(23-11-5-6-12-24(23)35-32(33)39)28(31(38)25-13-7-8-18-34-25)29(36(26)27)30(37)21-9-3-2-4-10-21/h2-19,27-29H,1H3,(H,35,39)/t27-,28+,29+,33-/m0/s1. The molecule has 0 unspecified atom stereocenters. The van der Waals surface area contributed by atoms with Gasteiger partial charge in [0, 0.05) is 23.1 Å². The Kier molecular flexibility index (Phi) is 5.13. The molecule has 3 aromatic carbocycles. The Balaban J connectivity index is 1.55. The molecular weight excluding hydrogens is 486 g/mol. The highest BCUT2D eigenvalue weighted by Crippen LogP contribution is 2.58. The van der Waals surface area contributed by atoms with E-state index in [0.29, 0.717) is 11.3 Å². The Hall–Kier alpha value is -4.84. The molecule has 1 amide bonds. The van der Waals surface area contributed by atoms with Crippen LogP contribution in [0.4, 0.5) is 11.4 Å². The highest BCUT2D eigenvalue weighted by atomic mass is 16.2. The molecule has 4 heterocycles. The molecule has 1 aromatic heterocycles. The number of carbonyl (C=O) groups excluding carboxylic acids is 3. The normalized spacial score (nSPS) is 24.2. The minimum absolute atomic E-state index is 0.203. The topological polar surface area (TPSA) is 79.4 Å². The summed E-state index contributed by atoms with van der Waals surface area (Å²) < 4.78 is 0. The number of ketones is 2. The lowest BCUT2D eigenvalue weighted by atomic mass is 9.64. The number of rotatable bonds is 4. The summed E-state index contributed by atoms with van der Waals surface area (Å²) >= 11 is 0. The Morgan fingerprint density at radius 3 is 2.46 bits per heavy atom. The SMILES string of the molecule is Cc1ccc2c(c1)C=C[C@@H]1N2[C@@H](C(=O)c2ccccc2)[C@H](C(=O)c2ccccn2)[C@@]12C(=O)Nc1ccccc12. The van der Waals surface area contributed by atoms with Crippen LogP contribution in [0.3, 0.4) is 0 Å². The van der Waals surface area contributed by atoms with Gasteiger partial charge in [0.15, 0.2) is 11.6 Å². The van der Waals surface area contributed by atoms with E-state index in [9.17, 15) is 14.4 Å². The van der Waals surface area contributed by atoms with Gasteiger partial charge in [-0.1, -0.05) is 78.4 Å². The van der Waals surface area contributed by atoms with Crippen LogP contribution in [0.25, 0.3) is 6.08 Å². The van der Waals surface area contributed by atoms with Gasteiger partial charge in [-0.2, -0.15) is 0 Å². The third-order valence-electron chi connectivity index (χ3n) is 8.31. The van der Waals surface area contributed by atoms with Crippen LogP contribution >= 0.6 is 0 Å². The van der Waals surface area contributed by atoms with Crippen molar-refractivity contribution in [2.24, 2.45) is 5.92 Å². The van der Waals surface area contributed by atoms with E-state index in [0.717, 1.165) is 22.4 Å². The Labute approximate surface area is 226 Å².